The fourth-order valence-corrected chi connectivity index (χ4v) is 4.68. The van der Waals surface area contributed by atoms with Crippen LogP contribution in [-0.4, -0.2) is 19.8 Å². The maximum Gasteiger partial charge on any atom is 0.246 e. The average molecular weight is 354 g/mol. The fourth-order valence-electron chi connectivity index (χ4n) is 3.11. The molecule has 0 N–H and O–H groups in total. The zero-order chi connectivity index (χ0) is 16.6. The first-order chi connectivity index (χ1) is 10.9. The molecule has 0 aromatic heterocycles. The molecule has 0 saturated heterocycles. The summed E-state index contributed by atoms with van der Waals surface area (Å²) in [6.07, 6.45) is 2.57. The molecule has 1 atom stereocenters. The van der Waals surface area contributed by atoms with E-state index in [1.807, 2.05) is 24.3 Å². The monoisotopic (exact) mass is 353 g/mol. The number of halogens is 2. The maximum absolute atomic E-state index is 14.1. The summed E-state index contributed by atoms with van der Waals surface area (Å²) in [7, 11) is -2.42. The number of benzene rings is 2. The summed E-state index contributed by atoms with van der Waals surface area (Å²) in [4.78, 5) is -0.340. The molecule has 122 valence electrons. The van der Waals surface area contributed by atoms with Gasteiger partial charge in [-0.3, -0.25) is 0 Å². The second kappa shape index (κ2) is 6.23. The van der Waals surface area contributed by atoms with Crippen LogP contribution in [0.25, 0.3) is 0 Å². The van der Waals surface area contributed by atoms with E-state index in [-0.39, 0.29) is 16.0 Å². The molecular formula is C17H17ClFNO2S. The summed E-state index contributed by atoms with van der Waals surface area (Å²) in [6.45, 7) is 0. The summed E-state index contributed by atoms with van der Waals surface area (Å²) in [5.74, 6) is -0.826. The van der Waals surface area contributed by atoms with Crippen molar-refractivity contribution in [2.45, 2.75) is 30.2 Å². The average Bonchev–Trinajstić information content (AvgIpc) is 2.53. The van der Waals surface area contributed by atoms with Gasteiger partial charge in [0.1, 0.15) is 10.7 Å². The van der Waals surface area contributed by atoms with Crippen LogP contribution in [0.2, 0.25) is 5.02 Å². The van der Waals surface area contributed by atoms with E-state index in [9.17, 15) is 12.8 Å². The van der Waals surface area contributed by atoms with E-state index in [0.717, 1.165) is 36.5 Å². The predicted octanol–water partition coefficient (Wildman–Crippen LogP) is 4.18. The van der Waals surface area contributed by atoms with Crippen LogP contribution in [0.3, 0.4) is 0 Å². The Morgan fingerprint density at radius 2 is 1.96 bits per heavy atom. The molecule has 2 aromatic rings. The first-order valence-corrected chi connectivity index (χ1v) is 9.24. The van der Waals surface area contributed by atoms with Crippen LogP contribution in [0.15, 0.2) is 47.4 Å². The molecule has 2 aromatic carbocycles. The lowest BCUT2D eigenvalue weighted by molar-refractivity contribution is 0.336. The van der Waals surface area contributed by atoms with Crippen LogP contribution in [0.4, 0.5) is 4.39 Å². The normalized spacial score (nSPS) is 18.0. The van der Waals surface area contributed by atoms with Crippen LogP contribution in [0, 0.1) is 5.82 Å². The fraction of sp³-hybridized carbons (Fsp3) is 0.294. The molecule has 0 aliphatic heterocycles. The van der Waals surface area contributed by atoms with Crippen LogP contribution < -0.4 is 0 Å². The van der Waals surface area contributed by atoms with Crippen molar-refractivity contribution in [3.05, 3.63) is 64.4 Å². The van der Waals surface area contributed by atoms with E-state index in [4.69, 9.17) is 11.6 Å². The standard InChI is InChI=1S/C17H17ClFNO2S/c1-20(16-8-4-6-12-5-2-3-7-14(12)16)23(21,22)17-10-9-13(18)11-15(17)19/h2-3,5,7,9-11,16H,4,6,8H2,1H3/t16-/m1/s1. The number of rotatable bonds is 3. The lowest BCUT2D eigenvalue weighted by atomic mass is 9.88. The van der Waals surface area contributed by atoms with Gasteiger partial charge in [0.2, 0.25) is 10.0 Å². The Balaban J connectivity index is 2.01. The Kier molecular flexibility index (Phi) is 4.45. The van der Waals surface area contributed by atoms with Gasteiger partial charge in [0.05, 0.1) is 0 Å². The van der Waals surface area contributed by atoms with Gasteiger partial charge in [-0.2, -0.15) is 4.31 Å². The van der Waals surface area contributed by atoms with Gasteiger partial charge in [0.25, 0.3) is 0 Å². The maximum atomic E-state index is 14.1. The van der Waals surface area contributed by atoms with E-state index < -0.39 is 15.8 Å². The van der Waals surface area contributed by atoms with Crippen molar-refractivity contribution in [2.75, 3.05) is 7.05 Å². The van der Waals surface area contributed by atoms with Crippen molar-refractivity contribution in [2.24, 2.45) is 0 Å². The van der Waals surface area contributed by atoms with Crippen LogP contribution >= 0.6 is 11.6 Å². The van der Waals surface area contributed by atoms with Gasteiger partial charge in [0, 0.05) is 18.1 Å². The highest BCUT2D eigenvalue weighted by atomic mass is 35.5. The SMILES string of the molecule is CN([C@@H]1CCCc2ccccc21)S(=O)(=O)c1ccc(Cl)cc1F. The number of aryl methyl sites for hydroxylation is 1. The topological polar surface area (TPSA) is 37.4 Å². The second-order valence-electron chi connectivity index (χ2n) is 5.70. The summed E-state index contributed by atoms with van der Waals surface area (Å²) in [5.41, 5.74) is 2.15. The minimum absolute atomic E-state index is 0.173. The smallest absolute Gasteiger partial charge is 0.207 e. The summed E-state index contributed by atoms with van der Waals surface area (Å²) in [5, 5.41) is 0.173. The first-order valence-electron chi connectivity index (χ1n) is 7.42. The molecule has 0 spiro atoms. The highest BCUT2D eigenvalue weighted by molar-refractivity contribution is 7.89. The van der Waals surface area contributed by atoms with Crippen molar-refractivity contribution >= 4 is 21.6 Å². The number of fused-ring (bicyclic) bond motifs is 1. The number of hydrogen-bond donors (Lipinski definition) is 0. The van der Waals surface area contributed by atoms with Gasteiger partial charge >= 0.3 is 0 Å². The summed E-state index contributed by atoms with van der Waals surface area (Å²) in [6, 6.07) is 11.2. The second-order valence-corrected chi connectivity index (χ2v) is 8.11. The Hall–Kier alpha value is -1.43. The van der Waals surface area contributed by atoms with E-state index in [2.05, 4.69) is 0 Å². The van der Waals surface area contributed by atoms with Crippen molar-refractivity contribution in [1.82, 2.24) is 4.31 Å². The number of sulfonamides is 1. The lowest BCUT2D eigenvalue weighted by Gasteiger charge is -2.32. The molecule has 1 aliphatic carbocycles. The van der Waals surface area contributed by atoms with Gasteiger partial charge in [0.15, 0.2) is 0 Å². The molecule has 0 heterocycles. The van der Waals surface area contributed by atoms with E-state index in [0.29, 0.717) is 0 Å². The highest BCUT2D eigenvalue weighted by Crippen LogP contribution is 2.36. The van der Waals surface area contributed by atoms with E-state index >= 15 is 0 Å². The lowest BCUT2D eigenvalue weighted by Crippen LogP contribution is -2.33. The van der Waals surface area contributed by atoms with Gasteiger partial charge in [-0.15, -0.1) is 0 Å². The van der Waals surface area contributed by atoms with Crippen LogP contribution in [-0.2, 0) is 16.4 Å². The van der Waals surface area contributed by atoms with Gasteiger partial charge in [-0.1, -0.05) is 35.9 Å². The quantitative estimate of drug-likeness (QED) is 0.830. The largest absolute Gasteiger partial charge is 0.246 e. The molecule has 0 radical (unpaired) electrons. The van der Waals surface area contributed by atoms with Crippen molar-refractivity contribution < 1.29 is 12.8 Å². The van der Waals surface area contributed by atoms with Crippen LogP contribution in [0.1, 0.15) is 30.0 Å². The van der Waals surface area contributed by atoms with Crippen molar-refractivity contribution in [3.63, 3.8) is 0 Å². The van der Waals surface area contributed by atoms with E-state index in [1.165, 1.54) is 23.5 Å². The molecule has 0 unspecified atom stereocenters. The highest BCUT2D eigenvalue weighted by Gasteiger charge is 2.33. The predicted molar refractivity (Wildman–Crippen MR) is 88.5 cm³/mol. The third-order valence-corrected chi connectivity index (χ3v) is 6.46. The van der Waals surface area contributed by atoms with Gasteiger partial charge < -0.3 is 0 Å². The number of nitrogens with zero attached hydrogens (tertiary/aromatic N) is 1. The zero-order valence-corrected chi connectivity index (χ0v) is 14.2. The molecule has 0 amide bonds. The molecule has 23 heavy (non-hydrogen) atoms. The minimum Gasteiger partial charge on any atom is -0.207 e. The molecule has 0 fully saturated rings. The first kappa shape index (κ1) is 16.4. The molecule has 0 saturated carbocycles. The summed E-state index contributed by atoms with van der Waals surface area (Å²) >= 11 is 5.71. The third-order valence-electron chi connectivity index (χ3n) is 4.33. The Labute approximate surface area is 140 Å². The van der Waals surface area contributed by atoms with Gasteiger partial charge in [-0.05, 0) is 48.6 Å². The third kappa shape index (κ3) is 3.01. The van der Waals surface area contributed by atoms with E-state index in [1.54, 1.807) is 0 Å². The molecule has 1 aliphatic rings. The molecular weight excluding hydrogens is 337 g/mol. The van der Waals surface area contributed by atoms with Crippen LogP contribution in [0.5, 0.6) is 0 Å². The molecule has 6 heteroatoms. The van der Waals surface area contributed by atoms with Crippen molar-refractivity contribution in [1.29, 1.82) is 0 Å². The molecule has 3 rings (SSSR count). The Morgan fingerprint density at radius 3 is 2.70 bits per heavy atom. The molecule has 3 nitrogen and oxygen atoms in total. The van der Waals surface area contributed by atoms with Crippen molar-refractivity contribution in [3.8, 4) is 0 Å². The zero-order valence-electron chi connectivity index (χ0n) is 12.7. The minimum atomic E-state index is -3.93. The summed E-state index contributed by atoms with van der Waals surface area (Å²) < 4.78 is 41.0. The molecule has 0 bridgehead atoms. The van der Waals surface area contributed by atoms with Gasteiger partial charge in [-0.25, -0.2) is 12.8 Å². The Morgan fingerprint density at radius 1 is 1.22 bits per heavy atom. The Bertz CT molecular complexity index is 838. The number of hydrogen-bond acceptors (Lipinski definition) is 2.